The van der Waals surface area contributed by atoms with Crippen LogP contribution in [-0.2, 0) is 4.74 Å². The summed E-state index contributed by atoms with van der Waals surface area (Å²) >= 11 is 10.7. The molecule has 0 aliphatic carbocycles. The fourth-order valence-corrected chi connectivity index (χ4v) is 1.82. The number of thiocarbonyl (C=S) groups is 1. The van der Waals surface area contributed by atoms with Crippen LogP contribution in [0, 0.1) is 0 Å². The van der Waals surface area contributed by atoms with Crippen LogP contribution >= 0.6 is 23.8 Å². The van der Waals surface area contributed by atoms with Crippen molar-refractivity contribution in [1.29, 1.82) is 0 Å². The van der Waals surface area contributed by atoms with Crippen LogP contribution in [0.5, 0.6) is 5.75 Å². The quantitative estimate of drug-likeness (QED) is 0.435. The Balaban J connectivity index is 3.08. The maximum atomic E-state index is 11.9. The number of ether oxygens (including phenoxy) is 2. The maximum absolute atomic E-state index is 11.9. The van der Waals surface area contributed by atoms with Gasteiger partial charge in [-0.05, 0) is 39.1 Å². The van der Waals surface area contributed by atoms with Crippen molar-refractivity contribution in [2.24, 2.45) is 10.8 Å². The van der Waals surface area contributed by atoms with Crippen LogP contribution in [0.25, 0.3) is 0 Å². The second kappa shape index (κ2) is 7.98. The molecule has 0 heterocycles. The molecule has 1 aromatic rings. The van der Waals surface area contributed by atoms with Crippen LogP contribution in [0.2, 0.25) is 5.02 Å². The first-order valence-corrected chi connectivity index (χ1v) is 7.37. The van der Waals surface area contributed by atoms with Gasteiger partial charge in [0, 0.05) is 11.6 Å². The van der Waals surface area contributed by atoms with Crippen molar-refractivity contribution in [2.45, 2.75) is 26.4 Å². The Bertz CT molecular complexity index is 629. The summed E-state index contributed by atoms with van der Waals surface area (Å²) < 4.78 is 10.4. The van der Waals surface area contributed by atoms with E-state index in [9.17, 15) is 4.79 Å². The van der Waals surface area contributed by atoms with Gasteiger partial charge in [-0.3, -0.25) is 10.7 Å². The number of nitrogens with zero attached hydrogens (tertiary/aromatic N) is 1. The minimum absolute atomic E-state index is 0.0162. The highest BCUT2D eigenvalue weighted by atomic mass is 35.5. The minimum Gasteiger partial charge on any atom is -0.495 e. The third kappa shape index (κ3) is 6.70. The summed E-state index contributed by atoms with van der Waals surface area (Å²) in [4.78, 5) is 11.9. The molecule has 0 saturated carbocycles. The van der Waals surface area contributed by atoms with Crippen LogP contribution in [0.1, 0.15) is 26.3 Å². The SMILES string of the molecule is COc1cc(NC(=O)OC(C)(C)C)c(C=NNC(N)=S)cc1Cl. The van der Waals surface area contributed by atoms with Crippen LogP contribution in [0.4, 0.5) is 10.5 Å². The number of methoxy groups -OCH3 is 1. The molecule has 23 heavy (non-hydrogen) atoms. The van der Waals surface area contributed by atoms with E-state index in [4.69, 9.17) is 26.8 Å². The topological polar surface area (TPSA) is 98.0 Å². The van der Waals surface area contributed by atoms with E-state index in [1.165, 1.54) is 13.3 Å². The lowest BCUT2D eigenvalue weighted by atomic mass is 10.2. The van der Waals surface area contributed by atoms with Gasteiger partial charge >= 0.3 is 6.09 Å². The molecule has 9 heteroatoms. The zero-order valence-electron chi connectivity index (χ0n) is 13.3. The molecule has 4 N–H and O–H groups in total. The highest BCUT2D eigenvalue weighted by molar-refractivity contribution is 7.80. The van der Waals surface area contributed by atoms with Gasteiger partial charge in [-0.25, -0.2) is 4.79 Å². The predicted molar refractivity (Wildman–Crippen MR) is 95.4 cm³/mol. The number of carbonyl (C=O) groups excluding carboxylic acids is 1. The van der Waals surface area contributed by atoms with Gasteiger partial charge in [-0.1, -0.05) is 11.6 Å². The molecule has 0 fully saturated rings. The first-order chi connectivity index (χ1) is 10.6. The summed E-state index contributed by atoms with van der Waals surface area (Å²) in [6, 6.07) is 3.15. The lowest BCUT2D eigenvalue weighted by Gasteiger charge is -2.20. The lowest BCUT2D eigenvalue weighted by Crippen LogP contribution is -2.27. The zero-order chi connectivity index (χ0) is 17.6. The Kier molecular flexibility index (Phi) is 6.59. The Morgan fingerprint density at radius 1 is 1.43 bits per heavy atom. The summed E-state index contributed by atoms with van der Waals surface area (Å²) in [6.45, 7) is 5.30. The van der Waals surface area contributed by atoms with Gasteiger partial charge in [0.05, 0.1) is 24.0 Å². The fraction of sp³-hybridized carbons (Fsp3) is 0.357. The average Bonchev–Trinajstić information content (AvgIpc) is 2.38. The number of amides is 1. The van der Waals surface area contributed by atoms with E-state index in [1.807, 2.05) is 0 Å². The number of anilines is 1. The third-order valence-electron chi connectivity index (χ3n) is 2.34. The molecule has 0 aliphatic rings. The summed E-state index contributed by atoms with van der Waals surface area (Å²) in [6.07, 6.45) is 0.802. The number of nitrogens with two attached hydrogens (primary N) is 1. The first kappa shape index (κ1) is 19.0. The normalized spacial score (nSPS) is 11.2. The van der Waals surface area contributed by atoms with E-state index in [-0.39, 0.29) is 5.11 Å². The van der Waals surface area contributed by atoms with Gasteiger partial charge in [-0.2, -0.15) is 5.10 Å². The zero-order valence-corrected chi connectivity index (χ0v) is 14.8. The van der Waals surface area contributed by atoms with Crippen molar-refractivity contribution < 1.29 is 14.3 Å². The van der Waals surface area contributed by atoms with Gasteiger partial charge < -0.3 is 15.2 Å². The number of halogens is 1. The van der Waals surface area contributed by atoms with Crippen molar-refractivity contribution >= 4 is 46.9 Å². The predicted octanol–water partition coefficient (Wildman–Crippen LogP) is 2.86. The molecule has 0 atom stereocenters. The molecule has 7 nitrogen and oxygen atoms in total. The molecule has 0 bridgehead atoms. The van der Waals surface area contributed by atoms with E-state index in [0.717, 1.165) is 0 Å². The van der Waals surface area contributed by atoms with Crippen molar-refractivity contribution in [2.75, 3.05) is 12.4 Å². The minimum atomic E-state index is -0.623. The summed E-state index contributed by atoms with van der Waals surface area (Å²) in [7, 11) is 1.47. The monoisotopic (exact) mass is 358 g/mol. The van der Waals surface area contributed by atoms with E-state index >= 15 is 0 Å². The molecule has 0 unspecified atom stereocenters. The number of rotatable bonds is 4. The Morgan fingerprint density at radius 3 is 2.61 bits per heavy atom. The average molecular weight is 359 g/mol. The molecular weight excluding hydrogens is 340 g/mol. The Labute approximate surface area is 145 Å². The summed E-state index contributed by atoms with van der Waals surface area (Å²) in [5, 5.41) is 6.85. The number of benzene rings is 1. The highest BCUT2D eigenvalue weighted by Crippen LogP contribution is 2.30. The smallest absolute Gasteiger partial charge is 0.412 e. The molecule has 1 amide bonds. The van der Waals surface area contributed by atoms with E-state index in [1.54, 1.807) is 32.9 Å². The third-order valence-corrected chi connectivity index (χ3v) is 2.72. The van der Waals surface area contributed by atoms with Gasteiger partial charge in [0.2, 0.25) is 0 Å². The van der Waals surface area contributed by atoms with E-state index in [2.05, 4.69) is 28.1 Å². The van der Waals surface area contributed by atoms with E-state index in [0.29, 0.717) is 22.0 Å². The van der Waals surface area contributed by atoms with Crippen LogP contribution < -0.4 is 21.2 Å². The highest BCUT2D eigenvalue weighted by Gasteiger charge is 2.18. The molecule has 0 aromatic heterocycles. The van der Waals surface area contributed by atoms with Crippen molar-refractivity contribution in [3.05, 3.63) is 22.7 Å². The van der Waals surface area contributed by atoms with Gasteiger partial charge in [0.1, 0.15) is 11.4 Å². The van der Waals surface area contributed by atoms with Crippen molar-refractivity contribution in [1.82, 2.24) is 5.43 Å². The van der Waals surface area contributed by atoms with Crippen molar-refractivity contribution in [3.8, 4) is 5.75 Å². The number of carbonyl (C=O) groups is 1. The standard InChI is InChI=1S/C14H19ClN4O3S/c1-14(2,3)22-13(20)18-10-6-11(21-4)9(15)5-8(10)7-17-19-12(16)23/h5-7H,1-4H3,(H,18,20)(H3,16,19,23). The van der Waals surface area contributed by atoms with Gasteiger partial charge in [0.25, 0.3) is 0 Å². The summed E-state index contributed by atoms with van der Waals surface area (Å²) in [5.41, 5.74) is 8.02. The van der Waals surface area contributed by atoms with Crippen LogP contribution in [0.3, 0.4) is 0 Å². The molecule has 1 rings (SSSR count). The molecule has 0 radical (unpaired) electrons. The summed E-state index contributed by atoms with van der Waals surface area (Å²) in [5.74, 6) is 0.400. The fourth-order valence-electron chi connectivity index (χ4n) is 1.52. The number of nitrogens with one attached hydrogen (secondary N) is 2. The van der Waals surface area contributed by atoms with E-state index < -0.39 is 11.7 Å². The molecular formula is C14H19ClN4O3S. The van der Waals surface area contributed by atoms with Gasteiger partial charge in [-0.15, -0.1) is 0 Å². The first-order valence-electron chi connectivity index (χ1n) is 6.58. The number of hydrogen-bond acceptors (Lipinski definition) is 5. The van der Waals surface area contributed by atoms with Crippen molar-refractivity contribution in [3.63, 3.8) is 0 Å². The van der Waals surface area contributed by atoms with Crippen LogP contribution in [0.15, 0.2) is 17.2 Å². The molecule has 1 aromatic carbocycles. The Hall–Kier alpha value is -2.06. The number of hydrogen-bond donors (Lipinski definition) is 3. The maximum Gasteiger partial charge on any atom is 0.412 e. The second-order valence-electron chi connectivity index (χ2n) is 5.44. The largest absolute Gasteiger partial charge is 0.495 e. The Morgan fingerprint density at radius 2 is 2.09 bits per heavy atom. The van der Waals surface area contributed by atoms with Gasteiger partial charge in [0.15, 0.2) is 5.11 Å². The lowest BCUT2D eigenvalue weighted by molar-refractivity contribution is 0.0636. The molecule has 0 saturated heterocycles. The molecule has 0 aliphatic heterocycles. The molecule has 126 valence electrons. The molecule has 0 spiro atoms. The second-order valence-corrected chi connectivity index (χ2v) is 6.28. The number of hydrazone groups is 1. The van der Waals surface area contributed by atoms with Crippen LogP contribution in [-0.4, -0.2) is 30.1 Å².